The Balaban J connectivity index is 0.807. The predicted molar refractivity (Wildman–Crippen MR) is 236 cm³/mol. The van der Waals surface area contributed by atoms with Gasteiger partial charge in [-0.2, -0.15) is 0 Å². The van der Waals surface area contributed by atoms with Crippen molar-refractivity contribution in [2.24, 2.45) is 14.1 Å². The van der Waals surface area contributed by atoms with Crippen LogP contribution >= 0.6 is 0 Å². The van der Waals surface area contributed by atoms with Gasteiger partial charge in [0.2, 0.25) is 5.82 Å². The molecule has 62 heavy (non-hydrogen) atoms. The van der Waals surface area contributed by atoms with Crippen LogP contribution < -0.4 is 21.3 Å². The first-order valence-electron chi connectivity index (χ1n) is 21.1. The molecule has 2 aliphatic rings. The molecule has 0 bridgehead atoms. The third-order valence-electron chi connectivity index (χ3n) is 11.4. The number of fused-ring (bicyclic) bond motifs is 1. The lowest BCUT2D eigenvalue weighted by Gasteiger charge is -2.36. The molecule has 2 aliphatic heterocycles. The molecule has 5 heterocycles. The number of aromatic nitrogens is 4. The number of hydrogen-bond acceptors (Lipinski definition) is 11. The van der Waals surface area contributed by atoms with Gasteiger partial charge in [0.1, 0.15) is 17.5 Å². The Morgan fingerprint density at radius 1 is 0.726 bits per heavy atom. The fourth-order valence-electron chi connectivity index (χ4n) is 7.74. The molecule has 17 nitrogen and oxygen atoms in total. The Hall–Kier alpha value is -6.43. The van der Waals surface area contributed by atoms with Crippen LogP contribution in [0.5, 0.6) is 0 Å². The first-order valence-corrected chi connectivity index (χ1v) is 21.1. The molecule has 2 saturated heterocycles. The van der Waals surface area contributed by atoms with Gasteiger partial charge in [0.05, 0.1) is 12.1 Å². The van der Waals surface area contributed by atoms with E-state index in [1.54, 1.807) is 78.2 Å². The zero-order valence-electron chi connectivity index (χ0n) is 35.7. The maximum Gasteiger partial charge on any atom is 0.307 e. The van der Waals surface area contributed by atoms with Crippen LogP contribution in [0, 0.1) is 0 Å². The Bertz CT molecular complexity index is 2390. The maximum absolute atomic E-state index is 13.2. The minimum atomic E-state index is -0.439. The summed E-state index contributed by atoms with van der Waals surface area (Å²) in [6.45, 7) is 11.8. The van der Waals surface area contributed by atoms with Crippen molar-refractivity contribution in [1.82, 2.24) is 39.1 Å². The number of carbonyl (C=O) groups excluding carboxylic acids is 5. The van der Waals surface area contributed by atoms with Crippen LogP contribution in [0.25, 0.3) is 10.8 Å². The fraction of sp³-hybridized carbons (Fsp3) is 0.400. The van der Waals surface area contributed by atoms with E-state index in [9.17, 15) is 24.0 Å². The summed E-state index contributed by atoms with van der Waals surface area (Å²) in [7, 11) is 3.38. The molecule has 17 heteroatoms. The van der Waals surface area contributed by atoms with Crippen LogP contribution in [0.2, 0.25) is 0 Å². The summed E-state index contributed by atoms with van der Waals surface area (Å²) in [5.74, 6) is -1.37. The monoisotopic (exact) mass is 845 g/mol. The standard InChI is InChI=1S/C45H55N11O6/c1-30(2)56-23-21-55(22-24-56)19-15-40(57)62-36-13-17-54(18-14-36)20-16-46-45(61)41-50-39(29-53(41)4)51-42(58)31-9-11-34(12-10-31)48-44(60)38-26-35(28-52(38)3)49-43(59)37-25-32-7-5-6-8-33(32)27-47-37/h5-12,25-30,36H,13-24H2,1-4H3,(H,46,61)(H,48,60)(H,49,59)(H,51,58). The Kier molecular flexibility index (Phi) is 14.1. The summed E-state index contributed by atoms with van der Waals surface area (Å²) in [4.78, 5) is 80.4. The summed E-state index contributed by atoms with van der Waals surface area (Å²) in [5, 5.41) is 13.1. The average molecular weight is 846 g/mol. The van der Waals surface area contributed by atoms with Crippen LogP contribution in [0.4, 0.5) is 17.2 Å². The Morgan fingerprint density at radius 2 is 1.42 bits per heavy atom. The van der Waals surface area contributed by atoms with Crippen molar-refractivity contribution >= 4 is 57.6 Å². The number of rotatable bonds is 15. The van der Waals surface area contributed by atoms with Crippen molar-refractivity contribution in [3.63, 3.8) is 0 Å². The number of pyridine rings is 1. The molecule has 7 rings (SSSR count). The molecule has 2 aromatic carbocycles. The van der Waals surface area contributed by atoms with Gasteiger partial charge >= 0.3 is 5.97 Å². The van der Waals surface area contributed by atoms with Crippen LogP contribution in [0.3, 0.4) is 0 Å². The number of amides is 4. The van der Waals surface area contributed by atoms with Crippen molar-refractivity contribution in [3.05, 3.63) is 102 Å². The van der Waals surface area contributed by atoms with Crippen LogP contribution in [0.1, 0.15) is 75.1 Å². The second-order valence-corrected chi connectivity index (χ2v) is 16.2. The lowest BCUT2D eigenvalue weighted by atomic mass is 10.1. The molecule has 0 radical (unpaired) electrons. The summed E-state index contributed by atoms with van der Waals surface area (Å²) in [5.41, 5.74) is 1.77. The number of nitrogens with one attached hydrogen (secondary N) is 4. The molecule has 326 valence electrons. The largest absolute Gasteiger partial charge is 0.462 e. The zero-order chi connectivity index (χ0) is 43.8. The van der Waals surface area contributed by atoms with Crippen molar-refractivity contribution in [2.75, 3.05) is 74.9 Å². The van der Waals surface area contributed by atoms with Gasteiger partial charge in [-0.15, -0.1) is 0 Å². The van der Waals surface area contributed by atoms with E-state index in [1.165, 1.54) is 0 Å². The number of esters is 1. The smallest absolute Gasteiger partial charge is 0.307 e. The molecule has 4 amide bonds. The molecule has 4 N–H and O–H groups in total. The third kappa shape index (κ3) is 11.3. The molecule has 0 saturated carbocycles. The topological polar surface area (TPSA) is 188 Å². The highest BCUT2D eigenvalue weighted by Gasteiger charge is 2.25. The number of ether oxygens (including phenoxy) is 1. The normalized spacial score (nSPS) is 15.4. The van der Waals surface area contributed by atoms with Gasteiger partial charge in [-0.25, -0.2) is 4.98 Å². The van der Waals surface area contributed by atoms with Gasteiger partial charge in [0, 0.05) is 114 Å². The van der Waals surface area contributed by atoms with Crippen molar-refractivity contribution in [3.8, 4) is 0 Å². The molecule has 2 fully saturated rings. The van der Waals surface area contributed by atoms with Crippen LogP contribution in [-0.2, 0) is 23.6 Å². The number of nitrogens with zero attached hydrogens (tertiary/aromatic N) is 7. The number of anilines is 3. The van der Waals surface area contributed by atoms with E-state index in [2.05, 4.69) is 59.8 Å². The number of likely N-dealkylation sites (tertiary alicyclic amines) is 1. The highest BCUT2D eigenvalue weighted by atomic mass is 16.5. The first kappa shape index (κ1) is 43.7. The Morgan fingerprint density at radius 3 is 2.15 bits per heavy atom. The molecule has 0 atom stereocenters. The third-order valence-corrected chi connectivity index (χ3v) is 11.4. The summed E-state index contributed by atoms with van der Waals surface area (Å²) < 4.78 is 8.94. The molecule has 3 aromatic heterocycles. The van der Waals surface area contributed by atoms with E-state index in [1.807, 2.05) is 24.3 Å². The molecule has 0 spiro atoms. The quantitative estimate of drug-likeness (QED) is 0.111. The van der Waals surface area contributed by atoms with Crippen LogP contribution in [0.15, 0.2) is 79.3 Å². The minimum Gasteiger partial charge on any atom is -0.462 e. The predicted octanol–water partition coefficient (Wildman–Crippen LogP) is 4.22. The van der Waals surface area contributed by atoms with E-state index < -0.39 is 17.7 Å². The number of hydrogen-bond donors (Lipinski definition) is 4. The van der Waals surface area contributed by atoms with Crippen LogP contribution in [-0.4, -0.2) is 134 Å². The van der Waals surface area contributed by atoms with E-state index in [0.717, 1.165) is 69.4 Å². The first-order chi connectivity index (χ1) is 29.9. The highest BCUT2D eigenvalue weighted by Crippen LogP contribution is 2.20. The Labute approximate surface area is 360 Å². The van der Waals surface area contributed by atoms with E-state index in [4.69, 9.17) is 4.74 Å². The van der Waals surface area contributed by atoms with Gasteiger partial charge in [-0.3, -0.25) is 33.9 Å². The lowest BCUT2D eigenvalue weighted by molar-refractivity contribution is -0.151. The number of carbonyl (C=O) groups is 5. The van der Waals surface area contributed by atoms with E-state index in [0.29, 0.717) is 48.2 Å². The highest BCUT2D eigenvalue weighted by molar-refractivity contribution is 6.08. The second kappa shape index (κ2) is 20.0. The second-order valence-electron chi connectivity index (χ2n) is 16.2. The van der Waals surface area contributed by atoms with Gasteiger partial charge in [-0.05, 0) is 68.5 Å². The summed E-state index contributed by atoms with van der Waals surface area (Å²) in [6.07, 6.45) is 6.70. The minimum absolute atomic E-state index is 0.0797. The van der Waals surface area contributed by atoms with E-state index in [-0.39, 0.29) is 35.3 Å². The molecular formula is C45H55N11O6. The average Bonchev–Trinajstić information content (AvgIpc) is 3.83. The summed E-state index contributed by atoms with van der Waals surface area (Å²) >= 11 is 0. The number of benzene rings is 2. The van der Waals surface area contributed by atoms with Crippen molar-refractivity contribution < 1.29 is 28.7 Å². The summed E-state index contributed by atoms with van der Waals surface area (Å²) in [6, 6.07) is 17.8. The number of piperidine rings is 1. The van der Waals surface area contributed by atoms with E-state index >= 15 is 0 Å². The maximum atomic E-state index is 13.2. The van der Waals surface area contributed by atoms with Gasteiger partial charge < -0.3 is 44.9 Å². The number of aryl methyl sites for hydroxylation is 2. The van der Waals surface area contributed by atoms with Gasteiger partial charge in [0.25, 0.3) is 23.6 Å². The zero-order valence-corrected chi connectivity index (χ0v) is 35.7. The van der Waals surface area contributed by atoms with Gasteiger partial charge in [0.15, 0.2) is 5.82 Å². The molecular weight excluding hydrogens is 791 g/mol. The van der Waals surface area contributed by atoms with Crippen molar-refractivity contribution in [1.29, 1.82) is 0 Å². The molecule has 0 aliphatic carbocycles. The lowest BCUT2D eigenvalue weighted by Crippen LogP contribution is -2.49. The van der Waals surface area contributed by atoms with Gasteiger partial charge in [-0.1, -0.05) is 24.3 Å². The molecule has 5 aromatic rings. The number of piperazine rings is 1. The molecule has 0 unspecified atom stereocenters. The SMILES string of the molecule is CC(C)N1CCN(CCC(=O)OC2CCN(CCNC(=O)c3nc(NC(=O)c4ccc(NC(=O)c5cc(NC(=O)c6cc7ccccc7cn6)cn5C)cc4)cn3C)CC2)CC1. The van der Waals surface area contributed by atoms with Crippen molar-refractivity contribution in [2.45, 2.75) is 45.3 Å². The fourth-order valence-corrected chi connectivity index (χ4v) is 7.74. The number of imidazole rings is 1.